The zero-order chi connectivity index (χ0) is 8.27. The zero-order valence-corrected chi connectivity index (χ0v) is 8.43. The molecule has 1 aliphatic rings. The number of carbonyl (C=O) groups is 1. The summed E-state index contributed by atoms with van der Waals surface area (Å²) in [7, 11) is 0. The van der Waals surface area contributed by atoms with Crippen LogP contribution in [0.5, 0.6) is 0 Å². The molecule has 0 aliphatic heterocycles. The first-order chi connectivity index (χ1) is 5.27. The molecule has 0 aromatic rings. The van der Waals surface area contributed by atoms with E-state index >= 15 is 0 Å². The van der Waals surface area contributed by atoms with E-state index in [1.165, 1.54) is 12.8 Å². The normalized spacial score (nSPS) is 16.5. The van der Waals surface area contributed by atoms with Crippen molar-refractivity contribution in [2.45, 2.75) is 19.8 Å². The van der Waals surface area contributed by atoms with E-state index in [0.29, 0.717) is 5.33 Å². The fraction of sp³-hybridized carbons (Fsp3) is 0.875. The van der Waals surface area contributed by atoms with Crippen molar-refractivity contribution in [2.75, 3.05) is 18.4 Å². The molecule has 64 valence electrons. The smallest absolute Gasteiger partial charge is 0.233 e. The third-order valence-corrected chi connectivity index (χ3v) is 2.50. The predicted octanol–water partition coefficient (Wildman–Crippen LogP) is 1.64. The Morgan fingerprint density at radius 1 is 1.64 bits per heavy atom. The van der Waals surface area contributed by atoms with Crippen LogP contribution < -0.4 is 0 Å². The average molecular weight is 220 g/mol. The van der Waals surface area contributed by atoms with Crippen molar-refractivity contribution in [3.8, 4) is 0 Å². The summed E-state index contributed by atoms with van der Waals surface area (Å²) >= 11 is 3.18. The van der Waals surface area contributed by atoms with Crippen molar-refractivity contribution in [3.63, 3.8) is 0 Å². The Balaban J connectivity index is 2.27. The number of amides is 1. The summed E-state index contributed by atoms with van der Waals surface area (Å²) in [6.45, 7) is 3.85. The zero-order valence-electron chi connectivity index (χ0n) is 6.85. The van der Waals surface area contributed by atoms with Crippen LogP contribution in [-0.2, 0) is 4.79 Å². The van der Waals surface area contributed by atoms with Gasteiger partial charge in [0.15, 0.2) is 0 Å². The molecule has 1 rings (SSSR count). The van der Waals surface area contributed by atoms with Gasteiger partial charge in [-0.2, -0.15) is 0 Å². The van der Waals surface area contributed by atoms with Gasteiger partial charge in [-0.1, -0.05) is 15.9 Å². The van der Waals surface area contributed by atoms with Crippen molar-refractivity contribution in [1.29, 1.82) is 0 Å². The maximum absolute atomic E-state index is 11.2. The van der Waals surface area contributed by atoms with Gasteiger partial charge in [0.05, 0.1) is 5.33 Å². The van der Waals surface area contributed by atoms with Gasteiger partial charge < -0.3 is 4.90 Å². The van der Waals surface area contributed by atoms with E-state index in [1.54, 1.807) is 0 Å². The molecule has 11 heavy (non-hydrogen) atoms. The number of halogens is 1. The molecule has 0 aromatic heterocycles. The number of hydrogen-bond acceptors (Lipinski definition) is 1. The molecule has 0 saturated heterocycles. The van der Waals surface area contributed by atoms with Crippen LogP contribution in [0.25, 0.3) is 0 Å². The second kappa shape index (κ2) is 4.10. The Hall–Kier alpha value is -0.0500. The summed E-state index contributed by atoms with van der Waals surface area (Å²) in [6, 6.07) is 0. The Labute approximate surface area is 76.1 Å². The van der Waals surface area contributed by atoms with Crippen LogP contribution in [0.3, 0.4) is 0 Å². The largest absolute Gasteiger partial charge is 0.342 e. The van der Waals surface area contributed by atoms with Gasteiger partial charge in [0.1, 0.15) is 0 Å². The van der Waals surface area contributed by atoms with Crippen LogP contribution in [-0.4, -0.2) is 29.2 Å². The van der Waals surface area contributed by atoms with Crippen LogP contribution in [0, 0.1) is 5.92 Å². The molecule has 2 nitrogen and oxygen atoms in total. The second-order valence-corrected chi connectivity index (χ2v) is 3.57. The van der Waals surface area contributed by atoms with Crippen molar-refractivity contribution in [1.82, 2.24) is 4.90 Å². The molecular weight excluding hydrogens is 206 g/mol. The standard InChI is InChI=1S/C8H14BrNO/c1-2-10(8(11)5-9)6-7-3-4-7/h7H,2-6H2,1H3. The molecule has 1 fully saturated rings. The third kappa shape index (κ3) is 2.81. The fourth-order valence-electron chi connectivity index (χ4n) is 1.10. The van der Waals surface area contributed by atoms with Gasteiger partial charge in [-0.05, 0) is 25.7 Å². The number of alkyl halides is 1. The minimum absolute atomic E-state index is 0.222. The monoisotopic (exact) mass is 219 g/mol. The summed E-state index contributed by atoms with van der Waals surface area (Å²) in [6.07, 6.45) is 2.62. The Morgan fingerprint density at radius 3 is 2.64 bits per heavy atom. The molecule has 1 saturated carbocycles. The van der Waals surface area contributed by atoms with Crippen LogP contribution in [0.15, 0.2) is 0 Å². The Morgan fingerprint density at radius 2 is 2.27 bits per heavy atom. The third-order valence-electron chi connectivity index (χ3n) is 2.02. The van der Waals surface area contributed by atoms with E-state index < -0.39 is 0 Å². The van der Waals surface area contributed by atoms with Crippen LogP contribution in [0.4, 0.5) is 0 Å². The molecule has 0 spiro atoms. The molecule has 1 aliphatic carbocycles. The molecule has 1 amide bonds. The first-order valence-corrected chi connectivity index (χ1v) is 5.23. The first kappa shape index (κ1) is 9.04. The maximum atomic E-state index is 11.2. The highest BCUT2D eigenvalue weighted by molar-refractivity contribution is 9.09. The summed E-state index contributed by atoms with van der Waals surface area (Å²) in [4.78, 5) is 13.1. The predicted molar refractivity (Wildman–Crippen MR) is 48.8 cm³/mol. The molecule has 0 bridgehead atoms. The van der Waals surface area contributed by atoms with E-state index in [4.69, 9.17) is 0 Å². The van der Waals surface area contributed by atoms with Gasteiger partial charge >= 0.3 is 0 Å². The van der Waals surface area contributed by atoms with Crippen molar-refractivity contribution < 1.29 is 4.79 Å². The van der Waals surface area contributed by atoms with Crippen molar-refractivity contribution in [3.05, 3.63) is 0 Å². The van der Waals surface area contributed by atoms with E-state index in [2.05, 4.69) is 15.9 Å². The summed E-state index contributed by atoms with van der Waals surface area (Å²) < 4.78 is 0. The quantitative estimate of drug-likeness (QED) is 0.659. The maximum Gasteiger partial charge on any atom is 0.233 e. The SMILES string of the molecule is CCN(CC1CC1)C(=O)CBr. The molecule has 3 heteroatoms. The topological polar surface area (TPSA) is 20.3 Å². The minimum Gasteiger partial charge on any atom is -0.342 e. The molecule has 0 heterocycles. The summed E-state index contributed by atoms with van der Waals surface area (Å²) in [5, 5.41) is 0.466. The lowest BCUT2D eigenvalue weighted by Crippen LogP contribution is -2.33. The lowest BCUT2D eigenvalue weighted by atomic mass is 10.3. The number of hydrogen-bond donors (Lipinski definition) is 0. The first-order valence-electron chi connectivity index (χ1n) is 4.11. The highest BCUT2D eigenvalue weighted by atomic mass is 79.9. The summed E-state index contributed by atoms with van der Waals surface area (Å²) in [5.41, 5.74) is 0. The van der Waals surface area contributed by atoms with Gasteiger partial charge in [-0.3, -0.25) is 4.79 Å². The van der Waals surface area contributed by atoms with E-state index in [-0.39, 0.29) is 5.91 Å². The molecule has 0 N–H and O–H groups in total. The summed E-state index contributed by atoms with van der Waals surface area (Å²) in [5.74, 6) is 1.03. The Kier molecular flexibility index (Phi) is 3.37. The van der Waals surface area contributed by atoms with Crippen LogP contribution >= 0.6 is 15.9 Å². The second-order valence-electron chi connectivity index (χ2n) is 3.01. The molecule has 0 atom stereocenters. The highest BCUT2D eigenvalue weighted by Gasteiger charge is 2.25. The van der Waals surface area contributed by atoms with Gasteiger partial charge in [-0.25, -0.2) is 0 Å². The van der Waals surface area contributed by atoms with E-state index in [9.17, 15) is 4.79 Å². The Bertz CT molecular complexity index is 145. The van der Waals surface area contributed by atoms with Gasteiger partial charge in [-0.15, -0.1) is 0 Å². The van der Waals surface area contributed by atoms with Crippen LogP contribution in [0.1, 0.15) is 19.8 Å². The van der Waals surface area contributed by atoms with E-state index in [0.717, 1.165) is 19.0 Å². The van der Waals surface area contributed by atoms with Gasteiger partial charge in [0.2, 0.25) is 5.91 Å². The average Bonchev–Trinajstić information content (AvgIpc) is 2.82. The fourth-order valence-corrected chi connectivity index (χ4v) is 1.46. The number of carbonyl (C=O) groups excluding carboxylic acids is 1. The molecule has 0 aromatic carbocycles. The number of nitrogens with zero attached hydrogens (tertiary/aromatic N) is 1. The number of rotatable bonds is 4. The van der Waals surface area contributed by atoms with Crippen LogP contribution in [0.2, 0.25) is 0 Å². The lowest BCUT2D eigenvalue weighted by molar-refractivity contribution is -0.128. The van der Waals surface area contributed by atoms with Crippen molar-refractivity contribution in [2.24, 2.45) is 5.92 Å². The highest BCUT2D eigenvalue weighted by Crippen LogP contribution is 2.29. The lowest BCUT2D eigenvalue weighted by Gasteiger charge is -2.19. The van der Waals surface area contributed by atoms with E-state index in [1.807, 2.05) is 11.8 Å². The van der Waals surface area contributed by atoms with Crippen molar-refractivity contribution >= 4 is 21.8 Å². The molecule has 0 radical (unpaired) electrons. The minimum atomic E-state index is 0.222. The van der Waals surface area contributed by atoms with Gasteiger partial charge in [0, 0.05) is 13.1 Å². The van der Waals surface area contributed by atoms with Gasteiger partial charge in [0.25, 0.3) is 0 Å². The molecular formula is C8H14BrNO. The molecule has 0 unspecified atom stereocenters.